The van der Waals surface area contributed by atoms with Gasteiger partial charge in [-0.1, -0.05) is 34.8 Å². The van der Waals surface area contributed by atoms with Gasteiger partial charge in [0, 0.05) is 15.7 Å². The number of phenols is 1. The first-order valence-electron chi connectivity index (χ1n) is 6.79. The smallest absolute Gasteiger partial charge is 0.266 e. The Morgan fingerprint density at radius 3 is 2.40 bits per heavy atom. The van der Waals surface area contributed by atoms with Crippen molar-refractivity contribution in [3.8, 4) is 17.6 Å². The summed E-state index contributed by atoms with van der Waals surface area (Å²) in [7, 11) is 1.36. The van der Waals surface area contributed by atoms with Gasteiger partial charge in [0.2, 0.25) is 0 Å². The van der Waals surface area contributed by atoms with E-state index in [1.165, 1.54) is 43.5 Å². The van der Waals surface area contributed by atoms with Gasteiger partial charge in [-0.3, -0.25) is 4.79 Å². The van der Waals surface area contributed by atoms with Gasteiger partial charge in [0.05, 0.1) is 12.1 Å². The van der Waals surface area contributed by atoms with Gasteiger partial charge in [-0.2, -0.15) is 5.26 Å². The molecule has 1 amide bonds. The summed E-state index contributed by atoms with van der Waals surface area (Å²) in [6, 6.07) is 9.18. The van der Waals surface area contributed by atoms with E-state index in [2.05, 4.69) is 5.32 Å². The van der Waals surface area contributed by atoms with E-state index in [1.807, 2.05) is 6.07 Å². The molecule has 2 aromatic rings. The van der Waals surface area contributed by atoms with Crippen molar-refractivity contribution in [1.82, 2.24) is 0 Å². The van der Waals surface area contributed by atoms with E-state index in [0.717, 1.165) is 0 Å². The van der Waals surface area contributed by atoms with Crippen LogP contribution in [0.3, 0.4) is 0 Å². The molecule has 0 fully saturated rings. The number of nitrogens with one attached hydrogen (secondary N) is 1. The van der Waals surface area contributed by atoms with E-state index in [0.29, 0.717) is 21.3 Å². The molecule has 0 heterocycles. The van der Waals surface area contributed by atoms with Gasteiger partial charge < -0.3 is 15.2 Å². The third-order valence-corrected chi connectivity index (χ3v) is 3.79. The minimum absolute atomic E-state index is 0.0323. The number of carbonyl (C=O) groups is 1. The highest BCUT2D eigenvalue weighted by Gasteiger charge is 2.13. The second-order valence-corrected chi connectivity index (χ2v) is 6.12. The van der Waals surface area contributed by atoms with Gasteiger partial charge in [0.15, 0.2) is 11.5 Å². The lowest BCUT2D eigenvalue weighted by Crippen LogP contribution is -2.13. The van der Waals surface area contributed by atoms with Gasteiger partial charge in [-0.25, -0.2) is 0 Å². The molecule has 2 N–H and O–H groups in total. The third-order valence-electron chi connectivity index (χ3n) is 3.07. The molecule has 0 aromatic heterocycles. The van der Waals surface area contributed by atoms with Crippen molar-refractivity contribution in [2.75, 3.05) is 12.4 Å². The van der Waals surface area contributed by atoms with Crippen LogP contribution < -0.4 is 10.1 Å². The number of hydrogen-bond acceptors (Lipinski definition) is 4. The van der Waals surface area contributed by atoms with Crippen molar-refractivity contribution in [3.63, 3.8) is 0 Å². The van der Waals surface area contributed by atoms with Crippen LogP contribution in [0.25, 0.3) is 6.08 Å². The summed E-state index contributed by atoms with van der Waals surface area (Å²) in [5.74, 6) is -0.750. The zero-order chi connectivity index (χ0) is 18.6. The summed E-state index contributed by atoms with van der Waals surface area (Å²) in [5.41, 5.74) is 0.584. The van der Waals surface area contributed by atoms with E-state index in [1.54, 1.807) is 0 Å². The number of anilines is 1. The molecule has 0 bridgehead atoms. The molecule has 0 aliphatic heterocycles. The average Bonchev–Trinajstić information content (AvgIpc) is 2.54. The maximum Gasteiger partial charge on any atom is 0.266 e. The molecule has 2 aromatic carbocycles. The minimum atomic E-state index is -0.649. The number of benzene rings is 2. The van der Waals surface area contributed by atoms with Crippen LogP contribution in [0, 0.1) is 11.3 Å². The van der Waals surface area contributed by atoms with Crippen molar-refractivity contribution < 1.29 is 14.6 Å². The minimum Gasteiger partial charge on any atom is -0.503 e. The molecular weight excluding hydrogens is 387 g/mol. The molecule has 0 unspecified atom stereocenters. The number of ether oxygens (including phenoxy) is 1. The van der Waals surface area contributed by atoms with E-state index < -0.39 is 5.91 Å². The Morgan fingerprint density at radius 2 is 1.84 bits per heavy atom. The second-order valence-electron chi connectivity index (χ2n) is 4.84. The van der Waals surface area contributed by atoms with E-state index >= 15 is 0 Å². The maximum absolute atomic E-state index is 12.3. The zero-order valence-electron chi connectivity index (χ0n) is 12.8. The van der Waals surface area contributed by atoms with Crippen LogP contribution in [0.4, 0.5) is 5.69 Å². The molecule has 0 spiro atoms. The molecule has 128 valence electrons. The maximum atomic E-state index is 12.3. The topological polar surface area (TPSA) is 82.3 Å². The van der Waals surface area contributed by atoms with Crippen LogP contribution in [0.15, 0.2) is 35.9 Å². The first-order chi connectivity index (χ1) is 11.8. The number of amides is 1. The molecule has 0 atom stereocenters. The highest BCUT2D eigenvalue weighted by molar-refractivity contribution is 6.35. The van der Waals surface area contributed by atoms with Gasteiger partial charge in [-0.05, 0) is 42.0 Å². The summed E-state index contributed by atoms with van der Waals surface area (Å²) >= 11 is 17.6. The Balaban J connectivity index is 2.32. The molecule has 5 nitrogen and oxygen atoms in total. The van der Waals surface area contributed by atoms with Gasteiger partial charge in [0.25, 0.3) is 5.91 Å². The lowest BCUT2D eigenvalue weighted by molar-refractivity contribution is -0.112. The first-order valence-corrected chi connectivity index (χ1v) is 7.93. The van der Waals surface area contributed by atoms with Crippen LogP contribution in [-0.4, -0.2) is 18.1 Å². The van der Waals surface area contributed by atoms with Crippen LogP contribution in [0.2, 0.25) is 15.1 Å². The SMILES string of the molecule is COc1cc(/C=C(\C#N)C(=O)Nc2cc(Cl)cc(Cl)c2)cc(Cl)c1O. The van der Waals surface area contributed by atoms with E-state index in [9.17, 15) is 15.2 Å². The number of rotatable bonds is 4. The average molecular weight is 398 g/mol. The molecule has 0 saturated heterocycles. The number of methoxy groups -OCH3 is 1. The molecule has 0 aliphatic carbocycles. The Labute approximate surface area is 159 Å². The lowest BCUT2D eigenvalue weighted by atomic mass is 10.1. The number of carbonyl (C=O) groups excluding carboxylic acids is 1. The summed E-state index contributed by atoms with van der Waals surface area (Å²) in [6.45, 7) is 0. The van der Waals surface area contributed by atoms with Gasteiger partial charge in [-0.15, -0.1) is 0 Å². The van der Waals surface area contributed by atoms with Crippen molar-refractivity contribution in [2.45, 2.75) is 0 Å². The Morgan fingerprint density at radius 1 is 1.20 bits per heavy atom. The fourth-order valence-corrected chi connectivity index (χ4v) is 2.72. The van der Waals surface area contributed by atoms with E-state index in [4.69, 9.17) is 39.5 Å². The van der Waals surface area contributed by atoms with Gasteiger partial charge in [0.1, 0.15) is 11.6 Å². The van der Waals surface area contributed by atoms with E-state index in [-0.39, 0.29) is 22.1 Å². The highest BCUT2D eigenvalue weighted by Crippen LogP contribution is 2.35. The fraction of sp³-hybridized carbons (Fsp3) is 0.0588. The number of nitriles is 1. The largest absolute Gasteiger partial charge is 0.503 e. The lowest BCUT2D eigenvalue weighted by Gasteiger charge is -2.08. The normalized spacial score (nSPS) is 10.9. The summed E-state index contributed by atoms with van der Waals surface area (Å²) in [5, 5.41) is 22.2. The summed E-state index contributed by atoms with van der Waals surface area (Å²) in [6.07, 6.45) is 1.31. The monoisotopic (exact) mass is 396 g/mol. The zero-order valence-corrected chi connectivity index (χ0v) is 15.1. The van der Waals surface area contributed by atoms with Crippen LogP contribution in [0.1, 0.15) is 5.56 Å². The molecule has 25 heavy (non-hydrogen) atoms. The predicted octanol–water partition coefficient (Wildman–Crippen LogP) is 4.91. The molecule has 2 rings (SSSR count). The Kier molecular flexibility index (Phi) is 6.16. The standard InChI is InChI=1S/C17H11Cl3N2O3/c1-25-15-4-9(3-14(20)16(15)23)2-10(8-21)17(24)22-13-6-11(18)5-12(19)7-13/h2-7,23H,1H3,(H,22,24)/b10-2+. The number of phenolic OH excluding ortho intramolecular Hbond substituents is 1. The summed E-state index contributed by atoms with van der Waals surface area (Å²) in [4.78, 5) is 12.3. The Bertz CT molecular complexity index is 884. The number of nitrogens with zero attached hydrogens (tertiary/aromatic N) is 1. The number of aromatic hydroxyl groups is 1. The highest BCUT2D eigenvalue weighted by atomic mass is 35.5. The molecule has 0 aliphatic rings. The second kappa shape index (κ2) is 8.13. The number of halogens is 3. The molecular formula is C17H11Cl3N2O3. The summed E-state index contributed by atoms with van der Waals surface area (Å²) < 4.78 is 4.99. The number of hydrogen-bond donors (Lipinski definition) is 2. The van der Waals surface area contributed by atoms with Crippen LogP contribution in [-0.2, 0) is 4.79 Å². The predicted molar refractivity (Wildman–Crippen MR) is 98.4 cm³/mol. The molecule has 0 saturated carbocycles. The van der Waals surface area contributed by atoms with Crippen molar-refractivity contribution in [3.05, 3.63) is 56.5 Å². The molecule has 0 radical (unpaired) electrons. The first kappa shape index (κ1) is 18.9. The van der Waals surface area contributed by atoms with Crippen LogP contribution in [0.5, 0.6) is 11.5 Å². The third kappa shape index (κ3) is 4.80. The van der Waals surface area contributed by atoms with Crippen LogP contribution >= 0.6 is 34.8 Å². The van der Waals surface area contributed by atoms with Gasteiger partial charge >= 0.3 is 0 Å². The fourth-order valence-electron chi connectivity index (χ4n) is 1.97. The Hall–Kier alpha value is -2.39. The van der Waals surface area contributed by atoms with Crippen molar-refractivity contribution >= 4 is 52.5 Å². The van der Waals surface area contributed by atoms with Crippen molar-refractivity contribution in [1.29, 1.82) is 5.26 Å². The molecule has 8 heteroatoms. The van der Waals surface area contributed by atoms with Crippen molar-refractivity contribution in [2.24, 2.45) is 0 Å². The quantitative estimate of drug-likeness (QED) is 0.567.